The van der Waals surface area contributed by atoms with E-state index >= 15 is 0 Å². The molecule has 1 aliphatic rings. The Morgan fingerprint density at radius 3 is 2.96 bits per heavy atom. The maximum Gasteiger partial charge on any atom is 0.322 e. The fourth-order valence-electron chi connectivity index (χ4n) is 3.51. The third-order valence-corrected chi connectivity index (χ3v) is 6.47. The summed E-state index contributed by atoms with van der Waals surface area (Å²) in [6.07, 6.45) is 1.89. The monoisotopic (exact) mass is 395 g/mol. The molecule has 0 aliphatic carbocycles. The van der Waals surface area contributed by atoms with Gasteiger partial charge in [-0.3, -0.25) is 9.69 Å². The minimum absolute atomic E-state index is 0.148. The van der Waals surface area contributed by atoms with E-state index in [0.29, 0.717) is 5.01 Å². The molecule has 1 aliphatic heterocycles. The van der Waals surface area contributed by atoms with E-state index in [4.69, 9.17) is 4.98 Å². The van der Waals surface area contributed by atoms with Crippen molar-refractivity contribution in [3.63, 3.8) is 0 Å². The molecule has 27 heavy (non-hydrogen) atoms. The predicted molar refractivity (Wildman–Crippen MR) is 108 cm³/mol. The average Bonchev–Trinajstić information content (AvgIpc) is 3.27. The van der Waals surface area contributed by atoms with Crippen LogP contribution in [0.4, 0.5) is 0 Å². The summed E-state index contributed by atoms with van der Waals surface area (Å²) in [5.74, 6) is 0. The zero-order valence-electron chi connectivity index (χ0n) is 14.5. The number of fused-ring (bicyclic) bond motifs is 2. The van der Waals surface area contributed by atoms with Crippen LogP contribution in [0.3, 0.4) is 0 Å². The second-order valence-electron chi connectivity index (χ2n) is 6.65. The van der Waals surface area contributed by atoms with Gasteiger partial charge in [0.2, 0.25) is 0 Å². The van der Waals surface area contributed by atoms with E-state index in [1.54, 1.807) is 11.3 Å². The summed E-state index contributed by atoms with van der Waals surface area (Å²) in [5.41, 5.74) is 7.47. The lowest BCUT2D eigenvalue weighted by atomic mass is 10.1. The number of hydrogen-bond donors (Lipinski definition) is 1. The number of nitrogens with one attached hydrogen (secondary N) is 1. The topological polar surface area (TPSA) is 74.8 Å². The summed E-state index contributed by atoms with van der Waals surface area (Å²) < 4.78 is 1.24. The first-order valence-electron chi connectivity index (χ1n) is 8.84. The Morgan fingerprint density at radius 1 is 1.15 bits per heavy atom. The molecule has 0 saturated carbocycles. The summed E-state index contributed by atoms with van der Waals surface area (Å²) in [6, 6.07) is 10.7. The highest BCUT2D eigenvalue weighted by atomic mass is 32.1. The highest BCUT2D eigenvalue weighted by Gasteiger charge is 2.17. The normalized spacial score (nSPS) is 15.0. The first-order valence-corrected chi connectivity index (χ1v) is 10.5. The Kier molecular flexibility index (Phi) is 4.31. The van der Waals surface area contributed by atoms with Gasteiger partial charge in [0.1, 0.15) is 5.69 Å². The standard InChI is InChI=1S/C19H17N5OS2/c25-19-23-22-18(27-19)15-3-2-13-5-7-24(8-6-14(13)21-15)10-12-1-4-17-16(9-12)20-11-26-17/h1-4,9,11H,5-8,10H2,(H,23,25). The molecule has 0 fully saturated rings. The van der Waals surface area contributed by atoms with Crippen molar-refractivity contribution in [2.75, 3.05) is 13.1 Å². The highest BCUT2D eigenvalue weighted by molar-refractivity contribution is 7.16. The molecule has 1 N–H and O–H groups in total. The van der Waals surface area contributed by atoms with Gasteiger partial charge in [-0.15, -0.1) is 11.3 Å². The predicted octanol–water partition coefficient (Wildman–Crippen LogP) is 3.10. The van der Waals surface area contributed by atoms with Gasteiger partial charge in [-0.2, -0.15) is 5.10 Å². The van der Waals surface area contributed by atoms with Crippen molar-refractivity contribution < 1.29 is 0 Å². The van der Waals surface area contributed by atoms with Crippen LogP contribution in [0.5, 0.6) is 0 Å². The number of aromatic nitrogens is 4. The molecule has 136 valence electrons. The summed E-state index contributed by atoms with van der Waals surface area (Å²) in [4.78, 5) is 22.9. The summed E-state index contributed by atoms with van der Waals surface area (Å²) in [5, 5.41) is 7.17. The number of aromatic amines is 1. The smallest absolute Gasteiger partial charge is 0.298 e. The van der Waals surface area contributed by atoms with Crippen LogP contribution in [-0.4, -0.2) is 38.2 Å². The van der Waals surface area contributed by atoms with Gasteiger partial charge in [0, 0.05) is 31.7 Å². The van der Waals surface area contributed by atoms with Crippen molar-refractivity contribution in [2.24, 2.45) is 0 Å². The van der Waals surface area contributed by atoms with Gasteiger partial charge in [0.05, 0.1) is 15.7 Å². The van der Waals surface area contributed by atoms with E-state index < -0.39 is 0 Å². The van der Waals surface area contributed by atoms with E-state index in [1.165, 1.54) is 15.8 Å². The number of pyridine rings is 1. The summed E-state index contributed by atoms with van der Waals surface area (Å²) in [6.45, 7) is 2.91. The Bertz CT molecular complexity index is 1160. The van der Waals surface area contributed by atoms with Crippen LogP contribution in [0.1, 0.15) is 16.8 Å². The van der Waals surface area contributed by atoms with Crippen LogP contribution in [0, 0.1) is 0 Å². The van der Waals surface area contributed by atoms with Crippen molar-refractivity contribution >= 4 is 32.9 Å². The molecule has 0 unspecified atom stereocenters. The first kappa shape index (κ1) is 16.7. The van der Waals surface area contributed by atoms with Crippen molar-refractivity contribution in [2.45, 2.75) is 19.4 Å². The SMILES string of the molecule is O=c1[nH]nc(-c2ccc3c(n2)CCN(Cc2ccc4scnc4c2)CC3)s1. The number of hydrogen-bond acceptors (Lipinski definition) is 7. The van der Waals surface area contributed by atoms with Crippen LogP contribution in [0.25, 0.3) is 20.9 Å². The Labute approximate surface area is 163 Å². The lowest BCUT2D eigenvalue weighted by Gasteiger charge is -2.19. The van der Waals surface area contributed by atoms with Gasteiger partial charge in [-0.25, -0.2) is 15.1 Å². The van der Waals surface area contributed by atoms with Crippen molar-refractivity contribution in [1.82, 2.24) is 25.1 Å². The number of nitrogens with zero attached hydrogens (tertiary/aromatic N) is 4. The third kappa shape index (κ3) is 3.43. The highest BCUT2D eigenvalue weighted by Crippen LogP contribution is 2.23. The molecule has 5 rings (SSSR count). The summed E-state index contributed by atoms with van der Waals surface area (Å²) >= 11 is 2.78. The molecule has 4 aromatic rings. The van der Waals surface area contributed by atoms with E-state index in [-0.39, 0.29) is 4.87 Å². The second kappa shape index (κ2) is 6.95. The Hall–Kier alpha value is -2.42. The van der Waals surface area contributed by atoms with Crippen LogP contribution in [0.2, 0.25) is 0 Å². The van der Waals surface area contributed by atoms with E-state index in [0.717, 1.165) is 60.7 Å². The maximum absolute atomic E-state index is 11.4. The fraction of sp³-hybridized carbons (Fsp3) is 0.263. The van der Waals surface area contributed by atoms with Gasteiger partial charge < -0.3 is 0 Å². The van der Waals surface area contributed by atoms with Crippen LogP contribution in [0.15, 0.2) is 40.6 Å². The number of benzene rings is 1. The minimum atomic E-state index is -0.148. The van der Waals surface area contributed by atoms with E-state index in [9.17, 15) is 4.79 Å². The average molecular weight is 396 g/mol. The lowest BCUT2D eigenvalue weighted by Crippen LogP contribution is -2.25. The number of H-pyrrole nitrogens is 1. The van der Waals surface area contributed by atoms with E-state index in [2.05, 4.69) is 44.3 Å². The van der Waals surface area contributed by atoms with Gasteiger partial charge in [-0.1, -0.05) is 23.5 Å². The zero-order chi connectivity index (χ0) is 18.2. The number of thiazole rings is 1. The second-order valence-corrected chi connectivity index (χ2v) is 8.50. The molecular weight excluding hydrogens is 378 g/mol. The van der Waals surface area contributed by atoms with Gasteiger partial charge in [-0.05, 0) is 35.7 Å². The molecule has 0 amide bonds. The maximum atomic E-state index is 11.4. The third-order valence-electron chi connectivity index (χ3n) is 4.89. The van der Waals surface area contributed by atoms with Gasteiger partial charge >= 0.3 is 4.87 Å². The molecular formula is C19H17N5OS2. The number of rotatable bonds is 3. The van der Waals surface area contributed by atoms with Crippen LogP contribution >= 0.6 is 22.7 Å². The Morgan fingerprint density at radius 2 is 2.07 bits per heavy atom. The minimum Gasteiger partial charge on any atom is -0.298 e. The van der Waals surface area contributed by atoms with Crippen molar-refractivity contribution in [3.05, 3.63) is 62.3 Å². The molecule has 0 atom stereocenters. The molecule has 6 nitrogen and oxygen atoms in total. The molecule has 3 aromatic heterocycles. The molecule has 1 aromatic carbocycles. The first-order chi connectivity index (χ1) is 13.2. The van der Waals surface area contributed by atoms with Gasteiger partial charge in [0.15, 0.2) is 5.01 Å². The van der Waals surface area contributed by atoms with Crippen molar-refractivity contribution in [3.8, 4) is 10.7 Å². The zero-order valence-corrected chi connectivity index (χ0v) is 16.1. The van der Waals surface area contributed by atoms with E-state index in [1.807, 2.05) is 11.6 Å². The Balaban J connectivity index is 1.33. The van der Waals surface area contributed by atoms with Crippen molar-refractivity contribution in [1.29, 1.82) is 0 Å². The molecule has 0 bridgehead atoms. The van der Waals surface area contributed by atoms with Crippen LogP contribution < -0.4 is 4.87 Å². The molecule has 0 spiro atoms. The molecule has 0 saturated heterocycles. The summed E-state index contributed by atoms with van der Waals surface area (Å²) in [7, 11) is 0. The van der Waals surface area contributed by atoms with Crippen LogP contribution in [-0.2, 0) is 19.4 Å². The molecule has 0 radical (unpaired) electrons. The van der Waals surface area contributed by atoms with Gasteiger partial charge in [0.25, 0.3) is 0 Å². The quantitative estimate of drug-likeness (QED) is 0.577. The molecule has 8 heteroatoms. The molecule has 4 heterocycles. The largest absolute Gasteiger partial charge is 0.322 e. The lowest BCUT2D eigenvalue weighted by molar-refractivity contribution is 0.279. The fourth-order valence-corrected chi connectivity index (χ4v) is 4.74.